The number of hydrogen-bond donors (Lipinski definition) is 4. The summed E-state index contributed by atoms with van der Waals surface area (Å²) in [6, 6.07) is 4.70. The van der Waals surface area contributed by atoms with Crippen molar-refractivity contribution in [3.8, 4) is 11.3 Å². The number of nitrogens with zero attached hydrogens (tertiary/aromatic N) is 3. The Bertz CT molecular complexity index is 887. The summed E-state index contributed by atoms with van der Waals surface area (Å²) in [6.45, 7) is -0.725. The second kappa shape index (κ2) is 7.52. The summed E-state index contributed by atoms with van der Waals surface area (Å²) in [5.41, 5.74) is -1.31. The molecule has 0 spiro atoms. The Hall–Kier alpha value is -1.86. The van der Waals surface area contributed by atoms with Crippen LogP contribution in [0.4, 0.5) is 13.2 Å². The van der Waals surface area contributed by atoms with Crippen LogP contribution in [-0.2, 0) is 20.0 Å². The van der Waals surface area contributed by atoms with Gasteiger partial charge in [0.05, 0.1) is 18.4 Å². The van der Waals surface area contributed by atoms with Gasteiger partial charge in [-0.05, 0) is 6.07 Å². The Morgan fingerprint density at radius 3 is 2.54 bits per heavy atom. The van der Waals surface area contributed by atoms with E-state index in [-0.39, 0.29) is 11.3 Å². The quantitative estimate of drug-likeness (QED) is 0.508. The average Bonchev–Trinajstić information content (AvgIpc) is 3.18. The van der Waals surface area contributed by atoms with E-state index in [4.69, 9.17) is 14.5 Å². The Kier molecular flexibility index (Phi) is 5.60. The van der Waals surface area contributed by atoms with E-state index in [0.717, 1.165) is 16.9 Å². The number of halogens is 3. The lowest BCUT2D eigenvalue weighted by Crippen LogP contribution is -2.33. The first kappa shape index (κ1) is 20.9. The molecule has 1 aliphatic heterocycles. The Labute approximate surface area is 155 Å². The van der Waals surface area contributed by atoms with Gasteiger partial charge >= 0.3 is 14.0 Å². The van der Waals surface area contributed by atoms with E-state index in [9.17, 15) is 27.9 Å². The van der Waals surface area contributed by atoms with Crippen LogP contribution in [0, 0.1) is 0 Å². The molecular formula is C14H15F3N3O7P. The molecule has 154 valence electrons. The first-order chi connectivity index (χ1) is 13.0. The predicted octanol–water partition coefficient (Wildman–Crippen LogP) is 0.692. The van der Waals surface area contributed by atoms with E-state index < -0.39 is 50.7 Å². The maximum absolute atomic E-state index is 13.2. The zero-order valence-corrected chi connectivity index (χ0v) is 14.7. The van der Waals surface area contributed by atoms with E-state index in [0.29, 0.717) is 0 Å². The summed E-state index contributed by atoms with van der Waals surface area (Å²) in [5, 5.41) is 27.3. The van der Waals surface area contributed by atoms with Crippen LogP contribution >= 0.6 is 7.82 Å². The number of benzene rings is 1. The maximum Gasteiger partial charge on any atom is 0.469 e. The zero-order valence-electron chi connectivity index (χ0n) is 13.8. The first-order valence-corrected chi connectivity index (χ1v) is 9.30. The first-order valence-electron chi connectivity index (χ1n) is 7.77. The highest BCUT2D eigenvalue weighted by atomic mass is 31.2. The van der Waals surface area contributed by atoms with Gasteiger partial charge < -0.3 is 24.7 Å². The van der Waals surface area contributed by atoms with E-state index in [1.54, 1.807) is 0 Å². The van der Waals surface area contributed by atoms with Gasteiger partial charge in [0.1, 0.15) is 24.0 Å². The summed E-state index contributed by atoms with van der Waals surface area (Å²) >= 11 is 0. The zero-order chi connectivity index (χ0) is 20.7. The number of phosphoric ester groups is 1. The molecule has 4 atom stereocenters. The molecule has 3 rings (SSSR count). The molecule has 1 saturated heterocycles. The molecule has 0 unspecified atom stereocenters. The smallest absolute Gasteiger partial charge is 0.387 e. The molecule has 1 aromatic carbocycles. The fraction of sp³-hybridized carbons (Fsp3) is 0.429. The molecule has 1 aliphatic rings. The van der Waals surface area contributed by atoms with Gasteiger partial charge in [0.2, 0.25) is 0 Å². The molecule has 1 fully saturated rings. The largest absolute Gasteiger partial charge is 0.469 e. The van der Waals surface area contributed by atoms with Gasteiger partial charge in [-0.3, -0.25) is 4.52 Å². The monoisotopic (exact) mass is 425 g/mol. The number of phosphoric acid groups is 1. The molecule has 2 aromatic rings. The summed E-state index contributed by atoms with van der Waals surface area (Å²) < 4.78 is 60.7. The topological polar surface area (TPSA) is 147 Å². The fourth-order valence-electron chi connectivity index (χ4n) is 2.73. The molecule has 14 heteroatoms. The molecule has 0 aliphatic carbocycles. The lowest BCUT2D eigenvalue weighted by Gasteiger charge is -2.14. The average molecular weight is 425 g/mol. The van der Waals surface area contributed by atoms with Crippen LogP contribution in [0.3, 0.4) is 0 Å². The van der Waals surface area contributed by atoms with Gasteiger partial charge in [0, 0.05) is 5.56 Å². The number of aliphatic hydroxyl groups excluding tert-OH is 2. The summed E-state index contributed by atoms with van der Waals surface area (Å²) in [4.78, 5) is 17.4. The van der Waals surface area contributed by atoms with Crippen molar-refractivity contribution in [1.82, 2.24) is 15.0 Å². The minimum atomic E-state index is -4.83. The molecule has 0 amide bonds. The van der Waals surface area contributed by atoms with Gasteiger partial charge in [0.25, 0.3) is 0 Å². The van der Waals surface area contributed by atoms with Crippen LogP contribution in [-0.4, -0.2) is 59.9 Å². The van der Waals surface area contributed by atoms with Gasteiger partial charge in [-0.15, -0.1) is 5.10 Å². The predicted molar refractivity (Wildman–Crippen MR) is 84.4 cm³/mol. The van der Waals surface area contributed by atoms with Crippen molar-refractivity contribution < 1.29 is 47.0 Å². The fourth-order valence-corrected chi connectivity index (χ4v) is 3.08. The second-order valence-corrected chi connectivity index (χ2v) is 7.20. The molecule has 10 nitrogen and oxygen atoms in total. The van der Waals surface area contributed by atoms with Crippen molar-refractivity contribution in [3.63, 3.8) is 0 Å². The van der Waals surface area contributed by atoms with Gasteiger partial charge in [-0.25, -0.2) is 9.25 Å². The van der Waals surface area contributed by atoms with Crippen molar-refractivity contribution in [2.24, 2.45) is 0 Å². The van der Waals surface area contributed by atoms with Crippen molar-refractivity contribution in [2.45, 2.75) is 30.7 Å². The molecular weight excluding hydrogens is 410 g/mol. The van der Waals surface area contributed by atoms with Gasteiger partial charge in [-0.2, -0.15) is 13.2 Å². The molecule has 0 bridgehead atoms. The lowest BCUT2D eigenvalue weighted by atomic mass is 10.0. The Morgan fingerprint density at radius 1 is 1.21 bits per heavy atom. The van der Waals surface area contributed by atoms with Crippen LogP contribution in [0.1, 0.15) is 11.8 Å². The lowest BCUT2D eigenvalue weighted by molar-refractivity contribution is -0.137. The molecule has 4 N–H and O–H groups in total. The van der Waals surface area contributed by atoms with Crippen LogP contribution < -0.4 is 0 Å². The minimum absolute atomic E-state index is 0.145. The standard InChI is InChI=1S/C14H15F3N3O7P/c15-14(16,17)8-4-2-1-3-7(8)9-5-20(19-18-9)13-12(22)11(21)10(27-13)6-26-28(23,24)25/h1-5,10-13,21-22H,6H2,(H2,23,24,25)/t10-,11-,12-,13-/m1/s1. The molecule has 1 aromatic heterocycles. The number of rotatable bonds is 5. The summed E-state index contributed by atoms with van der Waals surface area (Å²) in [6.07, 6.45) is -9.34. The van der Waals surface area contributed by atoms with E-state index in [2.05, 4.69) is 14.8 Å². The van der Waals surface area contributed by atoms with E-state index in [1.165, 1.54) is 18.2 Å². The molecule has 2 heterocycles. The normalized spacial score (nSPS) is 26.0. The van der Waals surface area contributed by atoms with Crippen molar-refractivity contribution in [1.29, 1.82) is 0 Å². The van der Waals surface area contributed by atoms with E-state index in [1.807, 2.05) is 0 Å². The maximum atomic E-state index is 13.2. The minimum Gasteiger partial charge on any atom is -0.387 e. The highest BCUT2D eigenvalue weighted by molar-refractivity contribution is 7.46. The number of alkyl halides is 3. The Morgan fingerprint density at radius 2 is 1.89 bits per heavy atom. The third kappa shape index (κ3) is 4.41. The highest BCUT2D eigenvalue weighted by Gasteiger charge is 2.45. The second-order valence-electron chi connectivity index (χ2n) is 5.96. The molecule has 0 radical (unpaired) electrons. The molecule has 28 heavy (non-hydrogen) atoms. The van der Waals surface area contributed by atoms with Crippen molar-refractivity contribution >= 4 is 7.82 Å². The Balaban J connectivity index is 1.82. The molecule has 0 saturated carbocycles. The van der Waals surface area contributed by atoms with E-state index >= 15 is 0 Å². The van der Waals surface area contributed by atoms with Crippen molar-refractivity contribution in [3.05, 3.63) is 36.0 Å². The van der Waals surface area contributed by atoms with Gasteiger partial charge in [-0.1, -0.05) is 23.4 Å². The van der Waals surface area contributed by atoms with Crippen LogP contribution in [0.25, 0.3) is 11.3 Å². The van der Waals surface area contributed by atoms with Crippen molar-refractivity contribution in [2.75, 3.05) is 6.61 Å². The third-order valence-corrected chi connectivity index (χ3v) is 4.51. The van der Waals surface area contributed by atoms with Crippen LogP contribution in [0.5, 0.6) is 0 Å². The van der Waals surface area contributed by atoms with Crippen LogP contribution in [0.2, 0.25) is 0 Å². The summed E-state index contributed by atoms with van der Waals surface area (Å²) in [7, 11) is -4.83. The van der Waals surface area contributed by atoms with Crippen LogP contribution in [0.15, 0.2) is 30.5 Å². The summed E-state index contributed by atoms with van der Waals surface area (Å²) in [5.74, 6) is 0. The number of hydrogen-bond acceptors (Lipinski definition) is 7. The number of ether oxygens (including phenoxy) is 1. The SMILES string of the molecule is O=P(O)(O)OC[C@H]1O[C@@H](n2cc(-c3ccccc3C(F)(F)F)nn2)[C@H](O)[C@@H]1O. The van der Waals surface area contributed by atoms with Gasteiger partial charge in [0.15, 0.2) is 6.23 Å². The third-order valence-electron chi connectivity index (χ3n) is 4.02. The highest BCUT2D eigenvalue weighted by Crippen LogP contribution is 2.39. The number of aliphatic hydroxyl groups is 2. The number of aromatic nitrogens is 3.